The molecule has 7 saturated heterocycles. The molecule has 0 radical (unpaired) electrons. The van der Waals surface area contributed by atoms with Crippen molar-refractivity contribution in [3.63, 3.8) is 0 Å². The van der Waals surface area contributed by atoms with E-state index in [4.69, 9.17) is 9.47 Å². The van der Waals surface area contributed by atoms with Gasteiger partial charge in [-0.05, 0) is 39.2 Å². The van der Waals surface area contributed by atoms with E-state index in [1.807, 2.05) is 30.6 Å². The zero-order valence-electron chi connectivity index (χ0n) is 26.1. The maximum Gasteiger partial charge on any atom is 0.228 e. The molecule has 7 fully saturated rings. The van der Waals surface area contributed by atoms with Gasteiger partial charge in [0.05, 0.1) is 43.9 Å². The van der Waals surface area contributed by atoms with Crippen LogP contribution in [0.4, 0.5) is 0 Å². The predicted molar refractivity (Wildman–Crippen MR) is 156 cm³/mol. The normalized spacial score (nSPS) is 32.0. The molecule has 41 heavy (non-hydrogen) atoms. The number of hydrogen-bond acceptors (Lipinski definition) is 7. The van der Waals surface area contributed by atoms with E-state index in [0.29, 0.717) is 44.9 Å². The van der Waals surface area contributed by atoms with Crippen LogP contribution < -0.4 is 0 Å². The molecule has 0 N–H and O–H groups in total. The predicted octanol–water partition coefficient (Wildman–Crippen LogP) is 1.53. The van der Waals surface area contributed by atoms with Crippen LogP contribution in [-0.2, 0) is 23.9 Å². The van der Waals surface area contributed by atoms with Crippen LogP contribution in [0.1, 0.15) is 59.8 Å². The van der Waals surface area contributed by atoms with Gasteiger partial charge in [0.15, 0.2) is 0 Å². The topological polar surface area (TPSA) is 85.9 Å². The van der Waals surface area contributed by atoms with E-state index in [0.717, 1.165) is 65.1 Å². The second-order valence-corrected chi connectivity index (χ2v) is 13.9. The van der Waals surface area contributed by atoms with E-state index in [2.05, 4.69) is 28.7 Å². The van der Waals surface area contributed by atoms with E-state index >= 15 is 0 Å². The number of morpholine rings is 1. The number of hydrogen-bond donors (Lipinski definition) is 0. The van der Waals surface area contributed by atoms with Gasteiger partial charge in [0.25, 0.3) is 0 Å². The molecule has 6 atom stereocenters. The molecule has 7 rings (SSSR count). The number of likely N-dealkylation sites (N-methyl/N-ethyl adjacent to an activating group) is 1. The highest BCUT2D eigenvalue weighted by Gasteiger charge is 2.50. The van der Waals surface area contributed by atoms with Gasteiger partial charge in [-0.25, -0.2) is 0 Å². The summed E-state index contributed by atoms with van der Waals surface area (Å²) in [5.74, 6) is 0.340. The van der Waals surface area contributed by atoms with Gasteiger partial charge in [-0.3, -0.25) is 24.2 Å². The SMILES string of the molecule is CC(C)C(=O)N1CCN(CCOCC(C)C(=O)N2CC3(CC(C)C(=O)N4CC5CCC4CN5C)CCC2CO3)CC1. The summed E-state index contributed by atoms with van der Waals surface area (Å²) in [7, 11) is 2.17. The molecule has 232 valence electrons. The molecule has 0 aliphatic carbocycles. The number of piperidine rings is 3. The number of nitrogens with zero attached hydrogens (tertiary/aromatic N) is 5. The number of ether oxygens (including phenoxy) is 2. The zero-order valence-corrected chi connectivity index (χ0v) is 26.1. The Morgan fingerprint density at radius 2 is 1.56 bits per heavy atom. The molecule has 0 spiro atoms. The van der Waals surface area contributed by atoms with Crippen molar-refractivity contribution in [3.05, 3.63) is 0 Å². The summed E-state index contributed by atoms with van der Waals surface area (Å²) < 4.78 is 12.3. The minimum atomic E-state index is -0.426. The summed E-state index contributed by atoms with van der Waals surface area (Å²) in [4.78, 5) is 50.1. The van der Waals surface area contributed by atoms with E-state index in [-0.39, 0.29) is 41.5 Å². The summed E-state index contributed by atoms with van der Waals surface area (Å²) in [5.41, 5.74) is -0.426. The monoisotopic (exact) mass is 575 g/mol. The molecule has 3 amide bonds. The first-order valence-corrected chi connectivity index (χ1v) is 16.1. The highest BCUT2D eigenvalue weighted by atomic mass is 16.5. The van der Waals surface area contributed by atoms with Crippen LogP contribution in [0.25, 0.3) is 0 Å². The highest BCUT2D eigenvalue weighted by molar-refractivity contribution is 5.80. The van der Waals surface area contributed by atoms with Gasteiger partial charge in [0.2, 0.25) is 17.7 Å². The molecule has 10 heteroatoms. The van der Waals surface area contributed by atoms with E-state index in [1.165, 1.54) is 6.42 Å². The Bertz CT molecular complexity index is 945. The van der Waals surface area contributed by atoms with Crippen molar-refractivity contribution in [3.8, 4) is 0 Å². The second kappa shape index (κ2) is 12.9. The van der Waals surface area contributed by atoms with E-state index < -0.39 is 5.60 Å². The van der Waals surface area contributed by atoms with Gasteiger partial charge >= 0.3 is 0 Å². The summed E-state index contributed by atoms with van der Waals surface area (Å²) in [5, 5.41) is 0. The molecule has 10 nitrogen and oxygen atoms in total. The van der Waals surface area contributed by atoms with Crippen molar-refractivity contribution in [1.82, 2.24) is 24.5 Å². The zero-order chi connectivity index (χ0) is 29.3. The average Bonchev–Trinajstić information content (AvgIpc) is 2.98. The molecule has 7 aliphatic heterocycles. The third-order valence-corrected chi connectivity index (χ3v) is 10.4. The van der Waals surface area contributed by atoms with E-state index in [9.17, 15) is 14.4 Å². The molecule has 0 saturated carbocycles. The Hall–Kier alpha value is -1.75. The fourth-order valence-electron chi connectivity index (χ4n) is 7.75. The lowest BCUT2D eigenvalue weighted by atomic mass is 9.78. The number of carbonyl (C=O) groups is 3. The maximum atomic E-state index is 13.5. The number of carbonyl (C=O) groups excluding carboxylic acids is 3. The number of piperazine rings is 2. The Kier molecular flexibility index (Phi) is 9.63. The van der Waals surface area contributed by atoms with Crippen LogP contribution in [0, 0.1) is 17.8 Å². The fourth-order valence-corrected chi connectivity index (χ4v) is 7.75. The largest absolute Gasteiger partial charge is 0.379 e. The molecule has 6 unspecified atom stereocenters. The van der Waals surface area contributed by atoms with Crippen LogP contribution in [0.2, 0.25) is 0 Å². The first-order valence-electron chi connectivity index (χ1n) is 16.1. The molecule has 0 aromatic carbocycles. The number of fused-ring (bicyclic) bond motifs is 6. The Morgan fingerprint density at radius 1 is 0.854 bits per heavy atom. The Labute approximate surface area is 246 Å². The molecular formula is C31H53N5O5. The van der Waals surface area contributed by atoms with Gasteiger partial charge in [-0.2, -0.15) is 0 Å². The van der Waals surface area contributed by atoms with Crippen molar-refractivity contribution in [2.24, 2.45) is 17.8 Å². The quantitative estimate of drug-likeness (QED) is 0.365. The molecular weight excluding hydrogens is 522 g/mol. The van der Waals surface area contributed by atoms with Crippen molar-refractivity contribution >= 4 is 17.7 Å². The summed E-state index contributed by atoms with van der Waals surface area (Å²) >= 11 is 0. The van der Waals surface area contributed by atoms with E-state index in [1.54, 1.807) is 0 Å². The first kappa shape index (κ1) is 30.7. The second-order valence-electron chi connectivity index (χ2n) is 13.9. The highest BCUT2D eigenvalue weighted by Crippen LogP contribution is 2.40. The fraction of sp³-hybridized carbons (Fsp3) is 0.903. The lowest BCUT2D eigenvalue weighted by molar-refractivity contribution is -0.195. The Balaban J connectivity index is 1.05. The standard InChI is InChI=1S/C31H53N5O5/c1-22(2)28(37)34-12-10-33(11-13-34)14-15-40-19-24(4)30(39)36-21-31(9-8-27(36)20-41-31)16-23(3)29(38)35-18-25-6-7-26(35)17-32(25)5/h22-27H,6-21H2,1-5H3. The summed E-state index contributed by atoms with van der Waals surface area (Å²) in [6, 6.07) is 0.937. The third kappa shape index (κ3) is 6.76. The van der Waals surface area contributed by atoms with Gasteiger partial charge < -0.3 is 24.2 Å². The summed E-state index contributed by atoms with van der Waals surface area (Å²) in [6.45, 7) is 15.9. The molecule has 7 heterocycles. The average molecular weight is 576 g/mol. The molecule has 0 aromatic rings. The lowest BCUT2D eigenvalue weighted by Gasteiger charge is -2.54. The van der Waals surface area contributed by atoms with Crippen molar-refractivity contribution in [1.29, 1.82) is 0 Å². The number of rotatable bonds is 10. The van der Waals surface area contributed by atoms with Crippen LogP contribution in [0.3, 0.4) is 0 Å². The number of amides is 3. The maximum absolute atomic E-state index is 13.5. The summed E-state index contributed by atoms with van der Waals surface area (Å²) in [6.07, 6.45) is 4.81. The minimum absolute atomic E-state index is 0.0449. The molecule has 0 aromatic heterocycles. The van der Waals surface area contributed by atoms with Gasteiger partial charge in [0, 0.05) is 69.7 Å². The minimum Gasteiger partial charge on any atom is -0.379 e. The van der Waals surface area contributed by atoms with Gasteiger partial charge in [-0.1, -0.05) is 27.7 Å². The van der Waals surface area contributed by atoms with Crippen LogP contribution in [0.15, 0.2) is 0 Å². The van der Waals surface area contributed by atoms with Crippen LogP contribution in [-0.4, -0.2) is 145 Å². The third-order valence-electron chi connectivity index (χ3n) is 10.4. The first-order chi connectivity index (χ1) is 19.6. The Morgan fingerprint density at radius 3 is 2.17 bits per heavy atom. The van der Waals surface area contributed by atoms with Crippen LogP contribution in [0.5, 0.6) is 0 Å². The lowest BCUT2D eigenvalue weighted by Crippen LogP contribution is -2.66. The van der Waals surface area contributed by atoms with Gasteiger partial charge in [-0.15, -0.1) is 0 Å². The smallest absolute Gasteiger partial charge is 0.228 e. The van der Waals surface area contributed by atoms with Crippen molar-refractivity contribution in [2.45, 2.75) is 83.5 Å². The van der Waals surface area contributed by atoms with Gasteiger partial charge in [0.1, 0.15) is 0 Å². The van der Waals surface area contributed by atoms with Crippen molar-refractivity contribution in [2.75, 3.05) is 79.2 Å². The van der Waals surface area contributed by atoms with Crippen LogP contribution >= 0.6 is 0 Å². The molecule has 4 bridgehead atoms. The van der Waals surface area contributed by atoms with Crippen molar-refractivity contribution < 1.29 is 23.9 Å². The molecule has 7 aliphatic rings.